The van der Waals surface area contributed by atoms with Crippen molar-refractivity contribution in [3.63, 3.8) is 0 Å². The monoisotopic (exact) mass is 348 g/mol. The van der Waals surface area contributed by atoms with Gasteiger partial charge in [-0.2, -0.15) is 0 Å². The number of hydrogen-bond acceptors (Lipinski definition) is 3. The minimum atomic E-state index is -0.0316. The number of benzene rings is 1. The first-order valence-corrected chi connectivity index (χ1v) is 8.26. The van der Waals surface area contributed by atoms with Crippen molar-refractivity contribution in [3.05, 3.63) is 48.3 Å². The van der Waals surface area contributed by atoms with Gasteiger partial charge in [0.05, 0.1) is 5.92 Å². The van der Waals surface area contributed by atoms with Crippen LogP contribution in [0.5, 0.6) is 0 Å². The molecule has 1 aliphatic heterocycles. The molecule has 0 bridgehead atoms. The quantitative estimate of drug-likeness (QED) is 0.853. The van der Waals surface area contributed by atoms with E-state index < -0.39 is 0 Å². The molecule has 3 rings (SSSR count). The van der Waals surface area contributed by atoms with E-state index in [4.69, 9.17) is 0 Å². The van der Waals surface area contributed by atoms with Crippen LogP contribution >= 0.6 is 12.4 Å². The number of imidazole rings is 1. The molecule has 0 saturated carbocycles. The van der Waals surface area contributed by atoms with Gasteiger partial charge in [0, 0.05) is 45.6 Å². The second kappa shape index (κ2) is 8.20. The summed E-state index contributed by atoms with van der Waals surface area (Å²) in [5.41, 5.74) is 1.12. The number of amides is 1. The third-order valence-electron chi connectivity index (χ3n) is 4.58. The topological polar surface area (TPSA) is 41.4 Å². The molecule has 0 aliphatic carbocycles. The Balaban J connectivity index is 0.00000208. The number of anilines is 1. The maximum absolute atomic E-state index is 12.9. The van der Waals surface area contributed by atoms with Crippen LogP contribution in [-0.4, -0.2) is 46.5 Å². The van der Waals surface area contributed by atoms with Gasteiger partial charge in [-0.25, -0.2) is 4.98 Å². The van der Waals surface area contributed by atoms with E-state index in [1.807, 2.05) is 47.1 Å². The third-order valence-corrected chi connectivity index (χ3v) is 4.58. The summed E-state index contributed by atoms with van der Waals surface area (Å²) in [6.45, 7) is 5.27. The van der Waals surface area contributed by atoms with Crippen molar-refractivity contribution in [2.24, 2.45) is 7.05 Å². The highest BCUT2D eigenvalue weighted by molar-refractivity contribution is 5.85. The van der Waals surface area contributed by atoms with Crippen LogP contribution in [0.1, 0.15) is 24.8 Å². The molecule has 0 spiro atoms. The Bertz CT molecular complexity index is 650. The summed E-state index contributed by atoms with van der Waals surface area (Å²) in [5, 5.41) is 0. The molecule has 1 saturated heterocycles. The Morgan fingerprint density at radius 2 is 1.83 bits per heavy atom. The van der Waals surface area contributed by atoms with Crippen LogP contribution < -0.4 is 4.90 Å². The second-order valence-corrected chi connectivity index (χ2v) is 6.02. The van der Waals surface area contributed by atoms with Crippen molar-refractivity contribution >= 4 is 24.3 Å². The number of carbonyl (C=O) groups is 1. The highest BCUT2D eigenvalue weighted by atomic mass is 35.5. The van der Waals surface area contributed by atoms with E-state index in [-0.39, 0.29) is 24.2 Å². The highest BCUT2D eigenvalue weighted by Crippen LogP contribution is 2.23. The summed E-state index contributed by atoms with van der Waals surface area (Å²) in [6.07, 6.45) is 4.60. The maximum atomic E-state index is 12.9. The Labute approximate surface area is 149 Å². The summed E-state index contributed by atoms with van der Waals surface area (Å²) in [7, 11) is 2.00. The van der Waals surface area contributed by atoms with Gasteiger partial charge in [0.25, 0.3) is 0 Å². The third kappa shape index (κ3) is 3.73. The average molecular weight is 349 g/mol. The molecule has 5 nitrogen and oxygen atoms in total. The predicted molar refractivity (Wildman–Crippen MR) is 98.7 cm³/mol. The molecule has 6 heteroatoms. The van der Waals surface area contributed by atoms with Crippen LogP contribution in [0.3, 0.4) is 0 Å². The van der Waals surface area contributed by atoms with Crippen molar-refractivity contribution in [1.82, 2.24) is 14.5 Å². The average Bonchev–Trinajstić information content (AvgIpc) is 3.02. The van der Waals surface area contributed by atoms with Gasteiger partial charge in [-0.05, 0) is 12.0 Å². The molecule has 1 amide bonds. The summed E-state index contributed by atoms with van der Waals surface area (Å²) in [4.78, 5) is 21.5. The van der Waals surface area contributed by atoms with E-state index in [2.05, 4.69) is 28.9 Å². The van der Waals surface area contributed by atoms with E-state index in [0.717, 1.165) is 44.1 Å². The summed E-state index contributed by atoms with van der Waals surface area (Å²) in [6, 6.07) is 10.1. The van der Waals surface area contributed by atoms with E-state index in [9.17, 15) is 4.79 Å². The molecule has 2 aromatic rings. The van der Waals surface area contributed by atoms with Gasteiger partial charge in [0.15, 0.2) is 0 Å². The number of carbonyl (C=O) groups excluding carboxylic acids is 1. The first kappa shape index (κ1) is 18.3. The van der Waals surface area contributed by atoms with Gasteiger partial charge in [-0.1, -0.05) is 37.3 Å². The first-order valence-electron chi connectivity index (χ1n) is 8.26. The first-order chi connectivity index (χ1) is 11.2. The zero-order valence-corrected chi connectivity index (χ0v) is 15.1. The summed E-state index contributed by atoms with van der Waals surface area (Å²) >= 11 is 0. The maximum Gasteiger partial charge on any atom is 0.230 e. The minimum absolute atomic E-state index is 0. The van der Waals surface area contributed by atoms with E-state index in [1.54, 1.807) is 0 Å². The minimum Gasteiger partial charge on any atom is -0.339 e. The van der Waals surface area contributed by atoms with Crippen molar-refractivity contribution in [2.75, 3.05) is 31.1 Å². The predicted octanol–water partition coefficient (Wildman–Crippen LogP) is 2.68. The number of aryl methyl sites for hydroxylation is 1. The molecule has 1 fully saturated rings. The molecule has 2 heterocycles. The lowest BCUT2D eigenvalue weighted by Crippen LogP contribution is -2.50. The van der Waals surface area contributed by atoms with Gasteiger partial charge in [-0.3, -0.25) is 4.79 Å². The van der Waals surface area contributed by atoms with Gasteiger partial charge in [-0.15, -0.1) is 12.4 Å². The lowest BCUT2D eigenvalue weighted by atomic mass is 9.95. The fourth-order valence-corrected chi connectivity index (χ4v) is 3.25. The van der Waals surface area contributed by atoms with Crippen molar-refractivity contribution in [2.45, 2.75) is 19.3 Å². The molecule has 1 aromatic carbocycles. The van der Waals surface area contributed by atoms with Gasteiger partial charge < -0.3 is 14.4 Å². The molecule has 130 valence electrons. The number of nitrogens with zero attached hydrogens (tertiary/aromatic N) is 4. The van der Waals surface area contributed by atoms with Crippen LogP contribution in [-0.2, 0) is 11.8 Å². The van der Waals surface area contributed by atoms with Crippen LogP contribution in [0.25, 0.3) is 0 Å². The zero-order valence-electron chi connectivity index (χ0n) is 14.3. The Hall–Kier alpha value is -2.01. The van der Waals surface area contributed by atoms with Crippen molar-refractivity contribution in [1.29, 1.82) is 0 Å². The number of aromatic nitrogens is 2. The number of piperazine rings is 1. The largest absolute Gasteiger partial charge is 0.339 e. The molecular formula is C18H25ClN4O. The summed E-state index contributed by atoms with van der Waals surface area (Å²) in [5.74, 6) is 1.20. The van der Waals surface area contributed by atoms with Crippen LogP contribution in [0, 0.1) is 0 Å². The second-order valence-electron chi connectivity index (χ2n) is 6.02. The lowest BCUT2D eigenvalue weighted by Gasteiger charge is -2.36. The Morgan fingerprint density at radius 3 is 2.38 bits per heavy atom. The molecule has 24 heavy (non-hydrogen) atoms. The van der Waals surface area contributed by atoms with Crippen molar-refractivity contribution in [3.8, 4) is 0 Å². The lowest BCUT2D eigenvalue weighted by molar-refractivity contribution is -0.133. The smallest absolute Gasteiger partial charge is 0.230 e. The van der Waals surface area contributed by atoms with Crippen molar-refractivity contribution < 1.29 is 4.79 Å². The van der Waals surface area contributed by atoms with E-state index in [0.29, 0.717) is 0 Å². The molecule has 0 N–H and O–H groups in total. The van der Waals surface area contributed by atoms with Crippen LogP contribution in [0.15, 0.2) is 42.7 Å². The van der Waals surface area contributed by atoms with Gasteiger partial charge in [0.2, 0.25) is 11.9 Å². The standard InChI is InChI=1S/C18H24N4O.ClH/c1-3-16(15-7-5-4-6-8-15)17(23)21-11-13-22(14-12-21)18-19-9-10-20(18)2;/h4-10,16H,3,11-14H2,1-2H3;1H. The highest BCUT2D eigenvalue weighted by Gasteiger charge is 2.28. The normalized spacial score (nSPS) is 15.8. The molecule has 1 aromatic heterocycles. The van der Waals surface area contributed by atoms with E-state index >= 15 is 0 Å². The number of rotatable bonds is 4. The zero-order chi connectivity index (χ0) is 16.2. The molecule has 1 unspecified atom stereocenters. The fourth-order valence-electron chi connectivity index (χ4n) is 3.25. The van der Waals surface area contributed by atoms with Gasteiger partial charge >= 0.3 is 0 Å². The Kier molecular flexibility index (Phi) is 6.26. The molecule has 1 aliphatic rings. The number of hydrogen-bond donors (Lipinski definition) is 0. The summed E-state index contributed by atoms with van der Waals surface area (Å²) < 4.78 is 2.02. The number of halogens is 1. The van der Waals surface area contributed by atoms with Gasteiger partial charge in [0.1, 0.15) is 0 Å². The SMILES string of the molecule is CCC(C(=O)N1CCN(c2nccn2C)CC1)c1ccccc1.Cl. The molecule has 0 radical (unpaired) electrons. The fraction of sp³-hybridized carbons (Fsp3) is 0.444. The van der Waals surface area contributed by atoms with Crippen LogP contribution in [0.4, 0.5) is 5.95 Å². The Morgan fingerprint density at radius 1 is 1.17 bits per heavy atom. The molecule has 1 atom stereocenters. The van der Waals surface area contributed by atoms with Crippen LogP contribution in [0.2, 0.25) is 0 Å². The van der Waals surface area contributed by atoms with E-state index in [1.165, 1.54) is 0 Å². The molecular weight excluding hydrogens is 324 g/mol.